The van der Waals surface area contributed by atoms with Crippen LogP contribution in [0.1, 0.15) is 47.0 Å². The third-order valence-corrected chi connectivity index (χ3v) is 3.77. The van der Waals surface area contributed by atoms with E-state index in [0.717, 1.165) is 6.42 Å². The van der Waals surface area contributed by atoms with Gasteiger partial charge in [0.2, 0.25) is 0 Å². The zero-order valence-corrected chi connectivity index (χ0v) is 11.6. The van der Waals surface area contributed by atoms with E-state index < -0.39 is 24.9 Å². The first-order valence-corrected chi connectivity index (χ1v) is 6.52. The molecular weight excluding hydrogens is 243 g/mol. The van der Waals surface area contributed by atoms with Crippen molar-refractivity contribution in [2.75, 3.05) is 6.54 Å². The Balaban J connectivity index is 2.83. The fourth-order valence-electron chi connectivity index (χ4n) is 2.76. The highest BCUT2D eigenvalue weighted by molar-refractivity contribution is 4.92. The maximum absolute atomic E-state index is 12.6. The summed E-state index contributed by atoms with van der Waals surface area (Å²) in [6.45, 7) is 6.67. The minimum Gasteiger partial charge on any atom is -0.391 e. The molecular formula is C13H24F3NO. The lowest BCUT2D eigenvalue weighted by Gasteiger charge is -2.45. The molecule has 2 nitrogen and oxygen atoms in total. The Hall–Kier alpha value is -0.290. The van der Waals surface area contributed by atoms with Crippen molar-refractivity contribution in [3.63, 3.8) is 0 Å². The van der Waals surface area contributed by atoms with Crippen LogP contribution in [-0.4, -0.2) is 40.9 Å². The fraction of sp³-hybridized carbons (Fsp3) is 1.00. The van der Waals surface area contributed by atoms with Crippen LogP contribution < -0.4 is 0 Å². The highest BCUT2D eigenvalue weighted by Gasteiger charge is 2.42. The number of hydrogen-bond acceptors (Lipinski definition) is 2. The second-order valence-corrected chi connectivity index (χ2v) is 6.42. The number of aliphatic hydroxyl groups excluding tert-OH is 1. The minimum absolute atomic E-state index is 0.00261. The van der Waals surface area contributed by atoms with Crippen LogP contribution in [0.2, 0.25) is 0 Å². The molecule has 0 heterocycles. The predicted molar refractivity (Wildman–Crippen MR) is 65.3 cm³/mol. The Kier molecular flexibility index (Phi) is 4.70. The first kappa shape index (κ1) is 15.8. The average molecular weight is 267 g/mol. The molecule has 1 saturated carbocycles. The Bertz CT molecular complexity index is 274. The van der Waals surface area contributed by atoms with E-state index in [-0.39, 0.29) is 11.5 Å². The summed E-state index contributed by atoms with van der Waals surface area (Å²) in [4.78, 5) is 1.39. The van der Waals surface area contributed by atoms with Crippen molar-refractivity contribution < 1.29 is 18.3 Å². The highest BCUT2D eigenvalue weighted by Crippen LogP contribution is 2.38. The van der Waals surface area contributed by atoms with Crippen molar-refractivity contribution in [3.05, 3.63) is 0 Å². The van der Waals surface area contributed by atoms with Gasteiger partial charge in [0.1, 0.15) is 0 Å². The number of aliphatic hydroxyl groups is 1. The lowest BCUT2D eigenvalue weighted by atomic mass is 9.73. The van der Waals surface area contributed by atoms with Crippen LogP contribution in [0, 0.1) is 5.41 Å². The van der Waals surface area contributed by atoms with Gasteiger partial charge in [-0.05, 0) is 38.5 Å². The Morgan fingerprint density at radius 3 is 2.33 bits per heavy atom. The van der Waals surface area contributed by atoms with Gasteiger partial charge in [0.25, 0.3) is 0 Å². The fourth-order valence-corrected chi connectivity index (χ4v) is 2.76. The molecule has 1 fully saturated rings. The van der Waals surface area contributed by atoms with Crippen LogP contribution in [0.5, 0.6) is 0 Å². The van der Waals surface area contributed by atoms with Crippen LogP contribution in [0.3, 0.4) is 0 Å². The maximum atomic E-state index is 12.6. The van der Waals surface area contributed by atoms with Gasteiger partial charge in [0.15, 0.2) is 0 Å². The van der Waals surface area contributed by atoms with Gasteiger partial charge >= 0.3 is 6.18 Å². The summed E-state index contributed by atoms with van der Waals surface area (Å²) in [6.07, 6.45) is -2.81. The molecule has 5 heteroatoms. The molecule has 1 N–H and O–H groups in total. The summed E-state index contributed by atoms with van der Waals surface area (Å²) in [7, 11) is 0. The number of hydrogen-bond donors (Lipinski definition) is 1. The number of nitrogens with zero attached hydrogens (tertiary/aromatic N) is 1. The van der Waals surface area contributed by atoms with Gasteiger partial charge in [-0.15, -0.1) is 0 Å². The quantitative estimate of drug-likeness (QED) is 0.849. The Labute approximate surface area is 107 Å². The third-order valence-electron chi connectivity index (χ3n) is 3.77. The van der Waals surface area contributed by atoms with Crippen molar-refractivity contribution in [2.45, 2.75) is 71.3 Å². The molecule has 1 rings (SSSR count). The summed E-state index contributed by atoms with van der Waals surface area (Å²) >= 11 is 0. The van der Waals surface area contributed by atoms with Crippen molar-refractivity contribution in [1.82, 2.24) is 4.90 Å². The summed E-state index contributed by atoms with van der Waals surface area (Å²) in [5.41, 5.74) is 0.00261. The second kappa shape index (κ2) is 5.37. The molecule has 0 aromatic carbocycles. The summed E-state index contributed by atoms with van der Waals surface area (Å²) in [5.74, 6) is 0. The molecule has 0 aromatic rings. The largest absolute Gasteiger partial charge is 0.401 e. The maximum Gasteiger partial charge on any atom is 0.401 e. The van der Waals surface area contributed by atoms with Crippen molar-refractivity contribution in [3.8, 4) is 0 Å². The molecule has 0 bridgehead atoms. The predicted octanol–water partition coefficient (Wildman–Crippen LogP) is 3.20. The smallest absolute Gasteiger partial charge is 0.391 e. The van der Waals surface area contributed by atoms with Crippen LogP contribution in [0.15, 0.2) is 0 Å². The zero-order chi connectivity index (χ0) is 14.1. The van der Waals surface area contributed by atoms with Gasteiger partial charge in [0.05, 0.1) is 12.6 Å². The van der Waals surface area contributed by atoms with E-state index in [9.17, 15) is 18.3 Å². The van der Waals surface area contributed by atoms with E-state index in [0.29, 0.717) is 12.8 Å². The van der Waals surface area contributed by atoms with E-state index in [1.165, 1.54) is 4.90 Å². The topological polar surface area (TPSA) is 23.5 Å². The first-order valence-electron chi connectivity index (χ1n) is 6.52. The molecule has 1 aliphatic carbocycles. The highest BCUT2D eigenvalue weighted by atomic mass is 19.4. The molecule has 0 aromatic heterocycles. The normalized spacial score (nSPS) is 29.0. The summed E-state index contributed by atoms with van der Waals surface area (Å²) in [5, 5.41) is 10.0. The molecule has 0 radical (unpaired) electrons. The summed E-state index contributed by atoms with van der Waals surface area (Å²) in [6, 6.07) is -0.615. The average Bonchev–Trinajstić information content (AvgIpc) is 2.17. The lowest BCUT2D eigenvalue weighted by Crippen LogP contribution is -2.54. The molecule has 2 unspecified atom stereocenters. The van der Waals surface area contributed by atoms with Crippen molar-refractivity contribution >= 4 is 0 Å². The molecule has 18 heavy (non-hydrogen) atoms. The van der Waals surface area contributed by atoms with E-state index in [4.69, 9.17) is 0 Å². The third kappa shape index (κ3) is 4.43. The zero-order valence-electron chi connectivity index (χ0n) is 11.6. The van der Waals surface area contributed by atoms with Gasteiger partial charge in [-0.2, -0.15) is 13.2 Å². The molecule has 1 aliphatic rings. The van der Waals surface area contributed by atoms with Crippen molar-refractivity contribution in [2.24, 2.45) is 5.41 Å². The minimum atomic E-state index is -4.22. The van der Waals surface area contributed by atoms with E-state index in [2.05, 4.69) is 13.8 Å². The molecule has 2 atom stereocenters. The molecule has 0 aliphatic heterocycles. The molecule has 108 valence electrons. The summed E-state index contributed by atoms with van der Waals surface area (Å²) < 4.78 is 37.9. The van der Waals surface area contributed by atoms with Crippen LogP contribution >= 0.6 is 0 Å². The second-order valence-electron chi connectivity index (χ2n) is 6.42. The molecule has 0 saturated heterocycles. The van der Waals surface area contributed by atoms with Crippen LogP contribution in [0.4, 0.5) is 13.2 Å². The van der Waals surface area contributed by atoms with Gasteiger partial charge in [0, 0.05) is 12.1 Å². The van der Waals surface area contributed by atoms with Gasteiger partial charge < -0.3 is 5.11 Å². The number of halogens is 3. The number of alkyl halides is 3. The van der Waals surface area contributed by atoms with E-state index in [1.54, 1.807) is 13.8 Å². The van der Waals surface area contributed by atoms with Gasteiger partial charge in [-0.25, -0.2) is 0 Å². The Morgan fingerprint density at radius 2 is 1.89 bits per heavy atom. The van der Waals surface area contributed by atoms with Gasteiger partial charge in [-0.1, -0.05) is 13.8 Å². The van der Waals surface area contributed by atoms with Crippen LogP contribution in [0.25, 0.3) is 0 Å². The van der Waals surface area contributed by atoms with Gasteiger partial charge in [-0.3, -0.25) is 4.90 Å². The Morgan fingerprint density at radius 1 is 1.33 bits per heavy atom. The lowest BCUT2D eigenvalue weighted by molar-refractivity contribution is -0.166. The van der Waals surface area contributed by atoms with E-state index in [1.807, 2.05) is 0 Å². The standard InChI is InChI=1S/C13H24F3NO/c1-9(2)17(8-13(14,15)16)10-7-12(3,4)6-5-11(10)18/h9-11,18H,5-8H2,1-4H3. The SMILES string of the molecule is CC(C)N(CC(F)(F)F)C1CC(C)(C)CCC1O. The van der Waals surface area contributed by atoms with Crippen molar-refractivity contribution in [1.29, 1.82) is 0 Å². The van der Waals surface area contributed by atoms with Crippen LogP contribution in [-0.2, 0) is 0 Å². The van der Waals surface area contributed by atoms with E-state index >= 15 is 0 Å². The number of rotatable bonds is 3. The molecule has 0 spiro atoms. The molecule has 0 amide bonds. The monoisotopic (exact) mass is 267 g/mol. The first-order chi connectivity index (χ1) is 8.02.